The first-order valence-electron chi connectivity index (χ1n) is 4.60. The molecule has 0 aliphatic rings. The van der Waals surface area contributed by atoms with Crippen LogP contribution in [0, 0.1) is 5.92 Å². The van der Waals surface area contributed by atoms with Gasteiger partial charge in [-0.05, 0) is 6.42 Å². The average Bonchev–Trinajstić information content (AvgIpc) is 2.67. The summed E-state index contributed by atoms with van der Waals surface area (Å²) in [6, 6.07) is 0. The predicted molar refractivity (Wildman–Crippen MR) is 64.5 cm³/mol. The fraction of sp³-hybridized carbons (Fsp3) is 0.444. The SMILES string of the molecule is CCC(C(=O)NCc1nccs1)C(N)=S. The molecule has 0 radical (unpaired) electrons. The molecule has 0 spiro atoms. The highest BCUT2D eigenvalue weighted by molar-refractivity contribution is 7.80. The van der Waals surface area contributed by atoms with Crippen LogP contribution in [-0.2, 0) is 11.3 Å². The van der Waals surface area contributed by atoms with Crippen molar-refractivity contribution in [2.24, 2.45) is 11.7 Å². The third kappa shape index (κ3) is 3.56. The van der Waals surface area contributed by atoms with Crippen LogP contribution in [0.4, 0.5) is 0 Å². The number of aromatic nitrogens is 1. The Morgan fingerprint density at radius 2 is 2.53 bits per heavy atom. The molecule has 3 N–H and O–H groups in total. The first-order chi connectivity index (χ1) is 7.15. The van der Waals surface area contributed by atoms with Gasteiger partial charge in [-0.25, -0.2) is 4.98 Å². The maximum atomic E-state index is 11.6. The van der Waals surface area contributed by atoms with Gasteiger partial charge in [-0.1, -0.05) is 19.1 Å². The second-order valence-corrected chi connectivity index (χ2v) is 4.46. The number of hydrogen-bond acceptors (Lipinski definition) is 4. The van der Waals surface area contributed by atoms with Gasteiger partial charge in [0.15, 0.2) is 0 Å². The van der Waals surface area contributed by atoms with Gasteiger partial charge in [-0.3, -0.25) is 4.79 Å². The average molecular weight is 243 g/mol. The van der Waals surface area contributed by atoms with Crippen molar-refractivity contribution in [1.29, 1.82) is 0 Å². The maximum Gasteiger partial charge on any atom is 0.230 e. The molecule has 1 aromatic heterocycles. The Morgan fingerprint density at radius 1 is 1.80 bits per heavy atom. The molecule has 82 valence electrons. The number of thiazole rings is 1. The van der Waals surface area contributed by atoms with E-state index in [1.54, 1.807) is 6.20 Å². The highest BCUT2D eigenvalue weighted by Crippen LogP contribution is 2.06. The van der Waals surface area contributed by atoms with Gasteiger partial charge in [0, 0.05) is 11.6 Å². The van der Waals surface area contributed by atoms with Gasteiger partial charge < -0.3 is 11.1 Å². The molecular weight excluding hydrogens is 230 g/mol. The summed E-state index contributed by atoms with van der Waals surface area (Å²) >= 11 is 6.31. The first-order valence-corrected chi connectivity index (χ1v) is 5.89. The van der Waals surface area contributed by atoms with Crippen molar-refractivity contribution >= 4 is 34.5 Å². The third-order valence-electron chi connectivity index (χ3n) is 1.97. The molecule has 1 heterocycles. The van der Waals surface area contributed by atoms with Crippen LogP contribution in [0.3, 0.4) is 0 Å². The van der Waals surface area contributed by atoms with Crippen molar-refractivity contribution in [2.45, 2.75) is 19.9 Å². The largest absolute Gasteiger partial charge is 0.393 e. The molecular formula is C9H13N3OS2. The molecule has 0 bridgehead atoms. The fourth-order valence-electron chi connectivity index (χ4n) is 1.14. The Kier molecular flexibility index (Phi) is 4.64. The number of hydrogen-bond donors (Lipinski definition) is 2. The molecule has 0 saturated carbocycles. The smallest absolute Gasteiger partial charge is 0.230 e. The molecule has 0 fully saturated rings. The van der Waals surface area contributed by atoms with Crippen LogP contribution in [0.15, 0.2) is 11.6 Å². The number of rotatable bonds is 5. The summed E-state index contributed by atoms with van der Waals surface area (Å²) in [5.74, 6) is -0.500. The zero-order chi connectivity index (χ0) is 11.3. The summed E-state index contributed by atoms with van der Waals surface area (Å²) in [4.78, 5) is 15.9. The summed E-state index contributed by atoms with van der Waals surface area (Å²) in [6.45, 7) is 2.32. The number of carbonyl (C=O) groups excluding carboxylic acids is 1. The molecule has 4 nitrogen and oxygen atoms in total. The predicted octanol–water partition coefficient (Wildman–Crippen LogP) is 1.07. The Morgan fingerprint density at radius 3 is 3.00 bits per heavy atom. The van der Waals surface area contributed by atoms with Crippen LogP contribution >= 0.6 is 23.6 Å². The van der Waals surface area contributed by atoms with Crippen molar-refractivity contribution in [3.63, 3.8) is 0 Å². The van der Waals surface area contributed by atoms with Crippen molar-refractivity contribution in [3.05, 3.63) is 16.6 Å². The lowest BCUT2D eigenvalue weighted by molar-refractivity contribution is -0.123. The van der Waals surface area contributed by atoms with Crippen molar-refractivity contribution in [2.75, 3.05) is 0 Å². The molecule has 1 amide bonds. The Hall–Kier alpha value is -1.01. The molecule has 1 unspecified atom stereocenters. The summed E-state index contributed by atoms with van der Waals surface area (Å²) in [7, 11) is 0. The van der Waals surface area contributed by atoms with Gasteiger partial charge in [0.1, 0.15) is 5.01 Å². The number of nitrogens with one attached hydrogen (secondary N) is 1. The number of thiocarbonyl (C=S) groups is 1. The summed E-state index contributed by atoms with van der Waals surface area (Å²) in [6.07, 6.45) is 2.33. The van der Waals surface area contributed by atoms with Gasteiger partial charge in [0.2, 0.25) is 5.91 Å². The Bertz CT molecular complexity index is 337. The van der Waals surface area contributed by atoms with E-state index < -0.39 is 0 Å². The second-order valence-electron chi connectivity index (χ2n) is 3.01. The van der Waals surface area contributed by atoms with Crippen LogP contribution in [-0.4, -0.2) is 15.9 Å². The van der Waals surface area contributed by atoms with E-state index in [0.29, 0.717) is 13.0 Å². The monoisotopic (exact) mass is 243 g/mol. The first kappa shape index (κ1) is 12.1. The summed E-state index contributed by atoms with van der Waals surface area (Å²) in [5.41, 5.74) is 5.45. The maximum absolute atomic E-state index is 11.6. The Balaban J connectivity index is 2.44. The van der Waals surface area contributed by atoms with Gasteiger partial charge in [-0.2, -0.15) is 0 Å². The molecule has 1 aromatic rings. The van der Waals surface area contributed by atoms with Crippen molar-refractivity contribution in [1.82, 2.24) is 10.3 Å². The van der Waals surface area contributed by atoms with E-state index in [1.807, 2.05) is 12.3 Å². The van der Waals surface area contributed by atoms with Crippen LogP contribution in [0.5, 0.6) is 0 Å². The van der Waals surface area contributed by atoms with Gasteiger partial charge in [0.25, 0.3) is 0 Å². The molecule has 0 saturated heterocycles. The highest BCUT2D eigenvalue weighted by Gasteiger charge is 2.18. The molecule has 6 heteroatoms. The zero-order valence-electron chi connectivity index (χ0n) is 8.40. The summed E-state index contributed by atoms with van der Waals surface area (Å²) in [5, 5.41) is 5.50. The van der Waals surface area contributed by atoms with Crippen LogP contribution in [0.25, 0.3) is 0 Å². The molecule has 15 heavy (non-hydrogen) atoms. The van der Waals surface area contributed by atoms with E-state index in [-0.39, 0.29) is 16.8 Å². The van der Waals surface area contributed by atoms with Gasteiger partial charge >= 0.3 is 0 Å². The van der Waals surface area contributed by atoms with Crippen LogP contribution in [0.2, 0.25) is 0 Å². The highest BCUT2D eigenvalue weighted by atomic mass is 32.1. The minimum Gasteiger partial charge on any atom is -0.393 e. The third-order valence-corrected chi connectivity index (χ3v) is 3.03. The van der Waals surface area contributed by atoms with Crippen LogP contribution in [0.1, 0.15) is 18.4 Å². The lowest BCUT2D eigenvalue weighted by Crippen LogP contribution is -2.37. The van der Waals surface area contributed by atoms with Crippen molar-refractivity contribution in [3.8, 4) is 0 Å². The van der Waals surface area contributed by atoms with E-state index in [9.17, 15) is 4.79 Å². The minimum atomic E-state index is -0.375. The number of nitrogens with zero attached hydrogens (tertiary/aromatic N) is 1. The zero-order valence-corrected chi connectivity index (χ0v) is 10.0. The Labute approximate surface area is 97.9 Å². The van der Waals surface area contributed by atoms with E-state index in [1.165, 1.54) is 11.3 Å². The fourth-order valence-corrected chi connectivity index (χ4v) is 1.97. The van der Waals surface area contributed by atoms with E-state index >= 15 is 0 Å². The minimum absolute atomic E-state index is 0.125. The summed E-state index contributed by atoms with van der Waals surface area (Å²) < 4.78 is 0. The standard InChI is InChI=1S/C9H13N3OS2/c1-2-6(8(10)14)9(13)12-5-7-11-3-4-15-7/h3-4,6H,2,5H2,1H3,(H2,10,14)(H,12,13). The van der Waals surface area contributed by atoms with Crippen molar-refractivity contribution < 1.29 is 4.79 Å². The van der Waals surface area contributed by atoms with Gasteiger partial charge in [-0.15, -0.1) is 11.3 Å². The molecule has 0 aliphatic heterocycles. The molecule has 0 aromatic carbocycles. The van der Waals surface area contributed by atoms with E-state index in [4.69, 9.17) is 18.0 Å². The van der Waals surface area contributed by atoms with E-state index in [2.05, 4.69) is 10.3 Å². The molecule has 0 aliphatic carbocycles. The van der Waals surface area contributed by atoms with E-state index in [0.717, 1.165) is 5.01 Å². The topological polar surface area (TPSA) is 68.0 Å². The lowest BCUT2D eigenvalue weighted by atomic mass is 10.1. The van der Waals surface area contributed by atoms with Gasteiger partial charge in [0.05, 0.1) is 17.5 Å². The van der Waals surface area contributed by atoms with Crippen LogP contribution < -0.4 is 11.1 Å². The number of nitrogens with two attached hydrogens (primary N) is 1. The number of carbonyl (C=O) groups is 1. The lowest BCUT2D eigenvalue weighted by Gasteiger charge is -2.12. The molecule has 1 atom stereocenters. The second kappa shape index (κ2) is 5.77. The normalized spacial score (nSPS) is 12.1. The molecule has 1 rings (SSSR count). The quantitative estimate of drug-likeness (QED) is 0.759. The number of amides is 1.